The van der Waals surface area contributed by atoms with Crippen molar-refractivity contribution in [3.05, 3.63) is 29.6 Å². The molecular formula is C19H21N7O2. The third kappa shape index (κ3) is 3.30. The lowest BCUT2D eigenvalue weighted by Crippen LogP contribution is -2.33. The smallest absolute Gasteiger partial charge is 0.263 e. The Morgan fingerprint density at radius 2 is 2.00 bits per heavy atom. The molecule has 9 heteroatoms. The number of primary amides is 1. The van der Waals surface area contributed by atoms with Crippen LogP contribution in [0, 0.1) is 6.92 Å². The molecule has 1 atom stereocenters. The van der Waals surface area contributed by atoms with E-state index in [1.54, 1.807) is 6.20 Å². The minimum absolute atomic E-state index is 0.213. The van der Waals surface area contributed by atoms with Gasteiger partial charge in [0.05, 0.1) is 11.9 Å². The van der Waals surface area contributed by atoms with Crippen molar-refractivity contribution in [3.63, 3.8) is 0 Å². The number of aromatic nitrogens is 3. The van der Waals surface area contributed by atoms with E-state index in [2.05, 4.69) is 30.2 Å². The standard InChI is InChI=1S/C19H21N7O2/c1-10-15-11(2)22-19(25-18(15)24-16(10)17(20)28)23-14-4-3-12(9-21-14)26-7-5-13(27)6-8-26/h3-4,9-10H,5-8H2,1-2H3,(H2,20,28)(H,21,22,23,25). The molecule has 2 aliphatic rings. The highest BCUT2D eigenvalue weighted by Crippen LogP contribution is 2.36. The number of nitrogens with one attached hydrogen (secondary N) is 1. The molecule has 1 fully saturated rings. The lowest BCUT2D eigenvalue weighted by atomic mass is 9.98. The Bertz CT molecular complexity index is 975. The summed E-state index contributed by atoms with van der Waals surface area (Å²) in [6.07, 6.45) is 2.92. The Morgan fingerprint density at radius 1 is 1.25 bits per heavy atom. The van der Waals surface area contributed by atoms with Gasteiger partial charge in [-0.1, -0.05) is 6.92 Å². The molecule has 2 aromatic heterocycles. The van der Waals surface area contributed by atoms with Gasteiger partial charge >= 0.3 is 0 Å². The minimum atomic E-state index is -0.545. The highest BCUT2D eigenvalue weighted by Gasteiger charge is 2.30. The number of aryl methyl sites for hydroxylation is 1. The van der Waals surface area contributed by atoms with Gasteiger partial charge in [-0.2, -0.15) is 4.98 Å². The van der Waals surface area contributed by atoms with Crippen molar-refractivity contribution >= 4 is 40.7 Å². The van der Waals surface area contributed by atoms with Crippen LogP contribution in [0.15, 0.2) is 23.3 Å². The van der Waals surface area contributed by atoms with E-state index in [-0.39, 0.29) is 5.92 Å². The number of nitrogens with two attached hydrogens (primary N) is 1. The maximum atomic E-state index is 11.5. The Kier molecular flexibility index (Phi) is 4.50. The van der Waals surface area contributed by atoms with Gasteiger partial charge in [0.1, 0.15) is 17.3 Å². The molecule has 2 aliphatic heterocycles. The third-order valence-corrected chi connectivity index (χ3v) is 5.11. The number of carbonyl (C=O) groups excluding carboxylic acids is 2. The first-order valence-corrected chi connectivity index (χ1v) is 9.19. The normalized spacial score (nSPS) is 18.6. The minimum Gasteiger partial charge on any atom is -0.369 e. The van der Waals surface area contributed by atoms with Crippen LogP contribution in [0.25, 0.3) is 0 Å². The highest BCUT2D eigenvalue weighted by molar-refractivity contribution is 6.41. The fraction of sp³-hybridized carbons (Fsp3) is 0.368. The van der Waals surface area contributed by atoms with Gasteiger partial charge < -0.3 is 16.0 Å². The van der Waals surface area contributed by atoms with Gasteiger partial charge in [0.25, 0.3) is 5.91 Å². The predicted octanol–water partition coefficient (Wildman–Crippen LogP) is 1.77. The van der Waals surface area contributed by atoms with Gasteiger partial charge in [0.15, 0.2) is 5.82 Å². The number of Topliss-reactive ketones (excluding diaryl/α,β-unsaturated/α-hetero) is 1. The molecule has 0 saturated carbocycles. The molecular weight excluding hydrogens is 358 g/mol. The number of hydrogen-bond donors (Lipinski definition) is 2. The third-order valence-electron chi connectivity index (χ3n) is 5.11. The molecule has 0 spiro atoms. The molecule has 4 rings (SSSR count). The summed E-state index contributed by atoms with van der Waals surface area (Å²) in [6.45, 7) is 5.17. The van der Waals surface area contributed by atoms with Crippen LogP contribution in [0.3, 0.4) is 0 Å². The fourth-order valence-electron chi connectivity index (χ4n) is 3.61. The zero-order valence-electron chi connectivity index (χ0n) is 15.8. The number of amides is 1. The molecule has 28 heavy (non-hydrogen) atoms. The largest absolute Gasteiger partial charge is 0.369 e. The van der Waals surface area contributed by atoms with E-state index in [0.717, 1.165) is 30.0 Å². The van der Waals surface area contributed by atoms with Crippen molar-refractivity contribution in [3.8, 4) is 0 Å². The molecule has 4 heterocycles. The number of pyridine rings is 1. The lowest BCUT2D eigenvalue weighted by molar-refractivity contribution is -0.119. The molecule has 1 unspecified atom stereocenters. The van der Waals surface area contributed by atoms with E-state index in [4.69, 9.17) is 5.73 Å². The molecule has 3 N–H and O–H groups in total. The van der Waals surface area contributed by atoms with Crippen molar-refractivity contribution in [1.82, 2.24) is 15.0 Å². The predicted molar refractivity (Wildman–Crippen MR) is 105 cm³/mol. The van der Waals surface area contributed by atoms with E-state index in [1.807, 2.05) is 26.0 Å². The average molecular weight is 379 g/mol. The van der Waals surface area contributed by atoms with Gasteiger partial charge in [-0.25, -0.2) is 15.0 Å². The van der Waals surface area contributed by atoms with Crippen LogP contribution in [0.1, 0.15) is 36.9 Å². The van der Waals surface area contributed by atoms with Crippen LogP contribution in [0.4, 0.5) is 23.3 Å². The van der Waals surface area contributed by atoms with Crippen molar-refractivity contribution in [2.45, 2.75) is 32.6 Å². The lowest BCUT2D eigenvalue weighted by Gasteiger charge is -2.27. The van der Waals surface area contributed by atoms with Crippen LogP contribution < -0.4 is 16.0 Å². The average Bonchev–Trinajstić information content (AvgIpc) is 3.00. The van der Waals surface area contributed by atoms with E-state index in [0.29, 0.717) is 41.9 Å². The Hall–Kier alpha value is -3.36. The summed E-state index contributed by atoms with van der Waals surface area (Å²) >= 11 is 0. The number of anilines is 3. The monoisotopic (exact) mass is 379 g/mol. The molecule has 0 aliphatic carbocycles. The van der Waals surface area contributed by atoms with Crippen LogP contribution in [-0.4, -0.2) is 45.4 Å². The molecule has 0 aromatic carbocycles. The number of piperidine rings is 1. The number of hydrogen-bond acceptors (Lipinski definition) is 8. The summed E-state index contributed by atoms with van der Waals surface area (Å²) in [5.74, 6) is 0.975. The second kappa shape index (κ2) is 6.99. The van der Waals surface area contributed by atoms with Crippen LogP contribution in [-0.2, 0) is 9.59 Å². The van der Waals surface area contributed by atoms with Crippen molar-refractivity contribution in [2.24, 2.45) is 10.7 Å². The molecule has 144 valence electrons. The van der Waals surface area contributed by atoms with Gasteiger partial charge in [-0.3, -0.25) is 9.59 Å². The first-order valence-electron chi connectivity index (χ1n) is 9.19. The van der Waals surface area contributed by atoms with Crippen LogP contribution >= 0.6 is 0 Å². The number of rotatable bonds is 4. The summed E-state index contributed by atoms with van der Waals surface area (Å²) < 4.78 is 0. The van der Waals surface area contributed by atoms with Crippen molar-refractivity contribution < 1.29 is 9.59 Å². The number of aliphatic imine (C=N–C) groups is 1. The topological polar surface area (TPSA) is 126 Å². The van der Waals surface area contributed by atoms with Crippen molar-refractivity contribution in [1.29, 1.82) is 0 Å². The maximum Gasteiger partial charge on any atom is 0.263 e. The summed E-state index contributed by atoms with van der Waals surface area (Å²) in [5.41, 5.74) is 8.24. The van der Waals surface area contributed by atoms with Gasteiger partial charge in [-0.05, 0) is 19.1 Å². The molecule has 9 nitrogen and oxygen atoms in total. The first kappa shape index (κ1) is 18.0. The Balaban J connectivity index is 1.52. The molecule has 0 bridgehead atoms. The molecule has 2 aromatic rings. The van der Waals surface area contributed by atoms with E-state index < -0.39 is 5.91 Å². The molecule has 0 radical (unpaired) electrons. The van der Waals surface area contributed by atoms with Gasteiger partial charge in [0.2, 0.25) is 5.95 Å². The molecule has 1 amide bonds. The Morgan fingerprint density at radius 3 is 2.64 bits per heavy atom. The molecule has 1 saturated heterocycles. The van der Waals surface area contributed by atoms with Gasteiger partial charge in [0, 0.05) is 43.1 Å². The van der Waals surface area contributed by atoms with E-state index >= 15 is 0 Å². The Labute approximate surface area is 162 Å². The summed E-state index contributed by atoms with van der Waals surface area (Å²) in [5, 5.41) is 3.08. The second-order valence-corrected chi connectivity index (χ2v) is 7.01. The van der Waals surface area contributed by atoms with E-state index in [9.17, 15) is 9.59 Å². The van der Waals surface area contributed by atoms with Gasteiger partial charge in [-0.15, -0.1) is 0 Å². The second-order valence-electron chi connectivity index (χ2n) is 7.01. The zero-order chi connectivity index (χ0) is 19.8. The zero-order valence-corrected chi connectivity index (χ0v) is 15.8. The quantitative estimate of drug-likeness (QED) is 0.829. The highest BCUT2D eigenvalue weighted by atomic mass is 16.1. The number of fused-ring (bicyclic) bond motifs is 1. The van der Waals surface area contributed by atoms with Crippen LogP contribution in [0.5, 0.6) is 0 Å². The number of ketones is 1. The maximum absolute atomic E-state index is 11.5. The van der Waals surface area contributed by atoms with E-state index in [1.165, 1.54) is 0 Å². The summed E-state index contributed by atoms with van der Waals surface area (Å²) in [4.78, 5) is 42.6. The SMILES string of the molecule is Cc1nc(Nc2ccc(N3CCC(=O)CC3)cn2)nc2c1C(C)C(C(N)=O)=N2. The number of carbonyl (C=O) groups is 2. The summed E-state index contributed by atoms with van der Waals surface area (Å²) in [7, 11) is 0. The van der Waals surface area contributed by atoms with Crippen LogP contribution in [0.2, 0.25) is 0 Å². The van der Waals surface area contributed by atoms with Crippen molar-refractivity contribution in [2.75, 3.05) is 23.3 Å². The summed E-state index contributed by atoms with van der Waals surface area (Å²) in [6, 6.07) is 3.80. The first-order chi connectivity index (χ1) is 13.4. The number of nitrogens with zero attached hydrogens (tertiary/aromatic N) is 5. The fourth-order valence-corrected chi connectivity index (χ4v) is 3.61.